The van der Waals surface area contributed by atoms with Crippen LogP contribution in [0.1, 0.15) is 26.3 Å². The van der Waals surface area contributed by atoms with Crippen LogP contribution in [0.5, 0.6) is 5.75 Å². The standard InChI is InChI=1S/C15H26N2O/c1-4-17(5-2)10-11-18-15-8-6-14(7-9-15)12-13(3)16/h6-9,13H,4-5,10-12,16H2,1-3H3/p+2/t13-/m0/s1. The number of likely N-dealkylation sites (N-methyl/N-ethyl adjacent to an activating group) is 1. The number of nitrogens with one attached hydrogen (secondary N) is 1. The predicted molar refractivity (Wildman–Crippen MR) is 74.9 cm³/mol. The van der Waals surface area contributed by atoms with Gasteiger partial charge in [0.2, 0.25) is 0 Å². The van der Waals surface area contributed by atoms with Crippen LogP contribution in [0.25, 0.3) is 0 Å². The summed E-state index contributed by atoms with van der Waals surface area (Å²) < 4.78 is 5.76. The van der Waals surface area contributed by atoms with Gasteiger partial charge in [-0.2, -0.15) is 0 Å². The number of hydrogen-bond acceptors (Lipinski definition) is 1. The van der Waals surface area contributed by atoms with Crippen molar-refractivity contribution in [2.45, 2.75) is 33.2 Å². The third-order valence-corrected chi connectivity index (χ3v) is 3.23. The van der Waals surface area contributed by atoms with Crippen LogP contribution in [0.15, 0.2) is 24.3 Å². The van der Waals surface area contributed by atoms with Crippen LogP contribution in [0.4, 0.5) is 0 Å². The summed E-state index contributed by atoms with van der Waals surface area (Å²) in [5.74, 6) is 0.974. The molecule has 0 unspecified atom stereocenters. The fraction of sp³-hybridized carbons (Fsp3) is 0.600. The van der Waals surface area contributed by atoms with Crippen molar-refractivity contribution < 1.29 is 15.4 Å². The molecule has 0 aliphatic carbocycles. The second-order valence-electron chi connectivity index (χ2n) is 5.01. The molecule has 4 N–H and O–H groups in total. The zero-order chi connectivity index (χ0) is 13.4. The molecule has 0 saturated carbocycles. The van der Waals surface area contributed by atoms with Crippen molar-refractivity contribution in [2.75, 3.05) is 26.2 Å². The van der Waals surface area contributed by atoms with Gasteiger partial charge in [0.25, 0.3) is 0 Å². The molecular weight excluding hydrogens is 224 g/mol. The van der Waals surface area contributed by atoms with Gasteiger partial charge in [0.1, 0.15) is 18.9 Å². The minimum Gasteiger partial charge on any atom is -0.488 e. The molecule has 1 atom stereocenters. The molecular formula is C15H28N2O+2. The maximum atomic E-state index is 5.76. The highest BCUT2D eigenvalue weighted by Gasteiger charge is 2.03. The van der Waals surface area contributed by atoms with Crippen molar-refractivity contribution >= 4 is 0 Å². The van der Waals surface area contributed by atoms with Gasteiger partial charge in [-0.25, -0.2) is 0 Å². The van der Waals surface area contributed by atoms with E-state index >= 15 is 0 Å². The molecule has 0 aliphatic rings. The molecule has 3 heteroatoms. The molecule has 0 amide bonds. The van der Waals surface area contributed by atoms with Gasteiger partial charge in [0, 0.05) is 6.42 Å². The fourth-order valence-electron chi connectivity index (χ4n) is 2.04. The monoisotopic (exact) mass is 252 g/mol. The van der Waals surface area contributed by atoms with E-state index in [1.54, 1.807) is 4.90 Å². The third-order valence-electron chi connectivity index (χ3n) is 3.23. The van der Waals surface area contributed by atoms with Gasteiger partial charge in [-0.05, 0) is 38.5 Å². The molecule has 102 valence electrons. The van der Waals surface area contributed by atoms with Crippen LogP contribution < -0.4 is 15.4 Å². The third kappa shape index (κ3) is 5.52. The van der Waals surface area contributed by atoms with Gasteiger partial charge < -0.3 is 15.4 Å². The lowest BCUT2D eigenvalue weighted by atomic mass is 10.1. The molecule has 0 aliphatic heterocycles. The molecule has 0 radical (unpaired) electrons. The lowest BCUT2D eigenvalue weighted by molar-refractivity contribution is -0.896. The molecule has 1 aromatic carbocycles. The Kier molecular flexibility index (Phi) is 6.76. The Balaban J connectivity index is 2.35. The van der Waals surface area contributed by atoms with Gasteiger partial charge in [0.05, 0.1) is 19.1 Å². The summed E-state index contributed by atoms with van der Waals surface area (Å²) >= 11 is 0. The Labute approximate surface area is 111 Å². The van der Waals surface area contributed by atoms with E-state index in [-0.39, 0.29) is 0 Å². The van der Waals surface area contributed by atoms with Crippen molar-refractivity contribution in [3.05, 3.63) is 29.8 Å². The van der Waals surface area contributed by atoms with Gasteiger partial charge >= 0.3 is 0 Å². The van der Waals surface area contributed by atoms with E-state index < -0.39 is 0 Å². The van der Waals surface area contributed by atoms with Gasteiger partial charge in [-0.3, -0.25) is 0 Å². The van der Waals surface area contributed by atoms with E-state index in [0.29, 0.717) is 6.04 Å². The van der Waals surface area contributed by atoms with Crippen LogP contribution in [-0.2, 0) is 6.42 Å². The van der Waals surface area contributed by atoms with Crippen LogP contribution in [-0.4, -0.2) is 32.3 Å². The number of benzene rings is 1. The first-order valence-corrected chi connectivity index (χ1v) is 7.04. The second-order valence-corrected chi connectivity index (χ2v) is 5.01. The Morgan fingerprint density at radius 3 is 2.28 bits per heavy atom. The van der Waals surface area contributed by atoms with Crippen molar-refractivity contribution in [3.8, 4) is 5.75 Å². The van der Waals surface area contributed by atoms with Gasteiger partial charge in [0.15, 0.2) is 0 Å². The van der Waals surface area contributed by atoms with E-state index in [9.17, 15) is 0 Å². The van der Waals surface area contributed by atoms with E-state index in [1.165, 1.54) is 18.7 Å². The van der Waals surface area contributed by atoms with Crippen LogP contribution in [0, 0.1) is 0 Å². The minimum atomic E-state index is 0.461. The number of hydrogen-bond donors (Lipinski definition) is 2. The normalized spacial score (nSPS) is 12.7. The Morgan fingerprint density at radius 1 is 1.17 bits per heavy atom. The average molecular weight is 252 g/mol. The highest BCUT2D eigenvalue weighted by atomic mass is 16.5. The number of quaternary nitrogens is 2. The predicted octanol–water partition coefficient (Wildman–Crippen LogP) is 0.163. The minimum absolute atomic E-state index is 0.461. The molecule has 0 saturated heterocycles. The summed E-state index contributed by atoms with van der Waals surface area (Å²) in [4.78, 5) is 1.58. The molecule has 0 bridgehead atoms. The summed E-state index contributed by atoms with van der Waals surface area (Å²) in [6.45, 7) is 10.8. The average Bonchev–Trinajstić information content (AvgIpc) is 2.36. The van der Waals surface area contributed by atoms with Crippen LogP contribution in [0.3, 0.4) is 0 Å². The topological polar surface area (TPSA) is 41.3 Å². The summed E-state index contributed by atoms with van der Waals surface area (Å²) in [6, 6.07) is 8.87. The first kappa shape index (κ1) is 15.0. The van der Waals surface area contributed by atoms with Gasteiger partial charge in [-0.15, -0.1) is 0 Å². The van der Waals surface area contributed by atoms with E-state index in [2.05, 4.69) is 50.8 Å². The van der Waals surface area contributed by atoms with Crippen molar-refractivity contribution in [2.24, 2.45) is 0 Å². The summed E-state index contributed by atoms with van der Waals surface area (Å²) in [5, 5.41) is 0. The maximum Gasteiger partial charge on any atom is 0.137 e. The first-order chi connectivity index (χ1) is 8.65. The SMILES string of the molecule is CC[NH+](CC)CCOc1ccc(C[C@H](C)[NH3+])cc1. The molecule has 1 aromatic rings. The quantitative estimate of drug-likeness (QED) is 0.680. The number of ether oxygens (including phenoxy) is 1. The van der Waals surface area contributed by atoms with Crippen molar-refractivity contribution in [1.29, 1.82) is 0 Å². The maximum absolute atomic E-state index is 5.76. The van der Waals surface area contributed by atoms with Crippen LogP contribution in [0.2, 0.25) is 0 Å². The van der Waals surface area contributed by atoms with Crippen molar-refractivity contribution in [3.63, 3.8) is 0 Å². The van der Waals surface area contributed by atoms with Gasteiger partial charge in [-0.1, -0.05) is 12.1 Å². The molecule has 3 nitrogen and oxygen atoms in total. The highest BCUT2D eigenvalue weighted by molar-refractivity contribution is 5.27. The molecule has 0 fully saturated rings. The molecule has 18 heavy (non-hydrogen) atoms. The van der Waals surface area contributed by atoms with Crippen molar-refractivity contribution in [1.82, 2.24) is 0 Å². The lowest BCUT2D eigenvalue weighted by Gasteiger charge is -2.15. The number of rotatable bonds is 8. The smallest absolute Gasteiger partial charge is 0.137 e. The summed E-state index contributed by atoms with van der Waals surface area (Å²) in [5.41, 5.74) is 5.34. The Bertz CT molecular complexity index is 318. The fourth-order valence-corrected chi connectivity index (χ4v) is 2.04. The zero-order valence-corrected chi connectivity index (χ0v) is 12.0. The van der Waals surface area contributed by atoms with E-state index in [0.717, 1.165) is 25.3 Å². The molecule has 0 aromatic heterocycles. The van der Waals surface area contributed by atoms with Crippen LogP contribution >= 0.6 is 0 Å². The van der Waals surface area contributed by atoms with E-state index in [1.807, 2.05) is 0 Å². The second kappa shape index (κ2) is 8.11. The zero-order valence-electron chi connectivity index (χ0n) is 12.0. The molecule has 0 heterocycles. The largest absolute Gasteiger partial charge is 0.488 e. The Morgan fingerprint density at radius 2 is 1.78 bits per heavy atom. The van der Waals surface area contributed by atoms with E-state index in [4.69, 9.17) is 4.74 Å². The summed E-state index contributed by atoms with van der Waals surface area (Å²) in [7, 11) is 0. The highest BCUT2D eigenvalue weighted by Crippen LogP contribution is 2.12. The first-order valence-electron chi connectivity index (χ1n) is 7.04. The molecule has 1 rings (SSSR count). The lowest BCUT2D eigenvalue weighted by Crippen LogP contribution is -3.12. The summed E-state index contributed by atoms with van der Waals surface area (Å²) in [6.07, 6.45) is 1.03. The molecule has 0 spiro atoms. The Hall–Kier alpha value is -1.06.